The number of aliphatic carboxylic acids is 1. The van der Waals surface area contributed by atoms with Gasteiger partial charge in [-0.1, -0.05) is 43.0 Å². The number of likely N-dealkylation sites (tertiary alicyclic amines) is 1. The van der Waals surface area contributed by atoms with Crippen molar-refractivity contribution in [3.8, 4) is 0 Å². The molecule has 0 bridgehead atoms. The van der Waals surface area contributed by atoms with Crippen LogP contribution in [-0.2, 0) is 16.0 Å². The molecule has 1 saturated heterocycles. The van der Waals surface area contributed by atoms with Crippen LogP contribution < -0.4 is 0 Å². The molecule has 1 aromatic carbocycles. The maximum atomic E-state index is 13.1. The molecule has 1 aliphatic carbocycles. The van der Waals surface area contributed by atoms with E-state index in [1.807, 2.05) is 12.1 Å². The van der Waals surface area contributed by atoms with Gasteiger partial charge in [0.15, 0.2) is 5.78 Å². The van der Waals surface area contributed by atoms with Crippen molar-refractivity contribution in [3.05, 3.63) is 46.7 Å². The summed E-state index contributed by atoms with van der Waals surface area (Å²) >= 11 is 5.99. The average molecular weight is 420 g/mol. The summed E-state index contributed by atoms with van der Waals surface area (Å²) in [6.45, 7) is 2.72. The first kappa shape index (κ1) is 21.8. The fraction of sp³-hybridized carbons (Fsp3) is 0.565. The number of halogens is 1. The largest absolute Gasteiger partial charge is 0.502 e. The minimum atomic E-state index is -1.48. The second kappa shape index (κ2) is 9.77. The molecule has 0 atom stereocenters. The fourth-order valence-electron chi connectivity index (χ4n) is 4.74. The van der Waals surface area contributed by atoms with Gasteiger partial charge in [-0.2, -0.15) is 0 Å². The Kier molecular flexibility index (Phi) is 7.36. The lowest BCUT2D eigenvalue weighted by atomic mass is 9.70. The average Bonchev–Trinajstić information content (AvgIpc) is 2.72. The van der Waals surface area contributed by atoms with E-state index in [1.165, 1.54) is 32.1 Å². The van der Waals surface area contributed by atoms with Crippen molar-refractivity contribution in [2.24, 2.45) is 11.3 Å². The molecule has 1 aromatic rings. The van der Waals surface area contributed by atoms with Crippen molar-refractivity contribution in [1.29, 1.82) is 0 Å². The van der Waals surface area contributed by atoms with Gasteiger partial charge in [0.05, 0.1) is 0 Å². The third kappa shape index (κ3) is 5.83. The van der Waals surface area contributed by atoms with E-state index in [4.69, 9.17) is 16.7 Å². The van der Waals surface area contributed by atoms with Crippen LogP contribution in [-0.4, -0.2) is 46.5 Å². The van der Waals surface area contributed by atoms with E-state index >= 15 is 0 Å². The summed E-state index contributed by atoms with van der Waals surface area (Å²) in [6.07, 6.45) is 9.29. The van der Waals surface area contributed by atoms with Gasteiger partial charge in [-0.15, -0.1) is 0 Å². The Balaban J connectivity index is 1.73. The molecule has 0 radical (unpaired) electrons. The maximum absolute atomic E-state index is 13.1. The number of nitrogens with zero attached hydrogens (tertiary/aromatic N) is 1. The van der Waals surface area contributed by atoms with Crippen LogP contribution >= 0.6 is 11.6 Å². The molecule has 1 aliphatic heterocycles. The van der Waals surface area contributed by atoms with Crippen LogP contribution in [0.15, 0.2) is 36.1 Å². The molecule has 29 heavy (non-hydrogen) atoms. The Morgan fingerprint density at radius 3 is 2.28 bits per heavy atom. The van der Waals surface area contributed by atoms with E-state index < -0.39 is 17.1 Å². The number of rotatable bonds is 7. The molecular weight excluding hydrogens is 390 g/mol. The number of carbonyl (C=O) groups is 2. The number of carboxylic acids is 1. The van der Waals surface area contributed by atoms with Crippen LogP contribution in [0, 0.1) is 11.3 Å². The molecule has 1 saturated carbocycles. The molecule has 3 rings (SSSR count). The standard InChI is InChI=1S/C23H30ClNO4/c24-19-8-6-17(7-9-19)15-23(21(27)14-20(26)22(28)29)10-12-25(13-11-23)16-18-4-2-1-3-5-18/h6-9,14,18,26H,1-5,10-13,15-16H2,(H,28,29)/b20-14-. The molecule has 0 spiro atoms. The number of hydrogen-bond donors (Lipinski definition) is 2. The molecule has 0 aromatic heterocycles. The smallest absolute Gasteiger partial charge is 0.371 e. The lowest BCUT2D eigenvalue weighted by molar-refractivity contribution is -0.136. The van der Waals surface area contributed by atoms with Crippen LogP contribution in [0.4, 0.5) is 0 Å². The third-order valence-corrected chi connectivity index (χ3v) is 6.77. The van der Waals surface area contributed by atoms with Gasteiger partial charge in [0.2, 0.25) is 5.76 Å². The lowest BCUT2D eigenvalue weighted by Crippen LogP contribution is -2.46. The zero-order valence-electron chi connectivity index (χ0n) is 16.8. The third-order valence-electron chi connectivity index (χ3n) is 6.52. The monoisotopic (exact) mass is 419 g/mol. The highest BCUT2D eigenvalue weighted by atomic mass is 35.5. The van der Waals surface area contributed by atoms with Crippen molar-refractivity contribution in [3.63, 3.8) is 0 Å². The summed E-state index contributed by atoms with van der Waals surface area (Å²) < 4.78 is 0. The number of carbonyl (C=O) groups excluding carboxylic acids is 1. The van der Waals surface area contributed by atoms with Gasteiger partial charge in [0.25, 0.3) is 0 Å². The molecule has 2 N–H and O–H groups in total. The zero-order chi connectivity index (χ0) is 20.9. The normalized spacial score (nSPS) is 21.1. The number of benzene rings is 1. The Hall–Kier alpha value is -1.85. The second-order valence-electron chi connectivity index (χ2n) is 8.59. The Morgan fingerprint density at radius 1 is 1.07 bits per heavy atom. The molecule has 0 unspecified atom stereocenters. The number of allylic oxidation sites excluding steroid dienone is 1. The highest BCUT2D eigenvalue weighted by Gasteiger charge is 2.41. The highest BCUT2D eigenvalue weighted by molar-refractivity contribution is 6.30. The van der Waals surface area contributed by atoms with Crippen LogP contribution in [0.25, 0.3) is 0 Å². The molecule has 5 nitrogen and oxygen atoms in total. The molecule has 2 fully saturated rings. The lowest BCUT2D eigenvalue weighted by Gasteiger charge is -2.42. The fourth-order valence-corrected chi connectivity index (χ4v) is 4.87. The van der Waals surface area contributed by atoms with Crippen molar-refractivity contribution in [2.75, 3.05) is 19.6 Å². The summed E-state index contributed by atoms with van der Waals surface area (Å²) in [5.74, 6) is -1.92. The van der Waals surface area contributed by atoms with Crippen LogP contribution in [0.2, 0.25) is 5.02 Å². The highest BCUT2D eigenvalue weighted by Crippen LogP contribution is 2.38. The molecule has 0 amide bonds. The molecule has 1 heterocycles. The van der Waals surface area contributed by atoms with E-state index in [-0.39, 0.29) is 5.78 Å². The summed E-state index contributed by atoms with van der Waals surface area (Å²) in [6, 6.07) is 7.43. The molecular formula is C23H30ClNO4. The van der Waals surface area contributed by atoms with E-state index in [2.05, 4.69) is 4.90 Å². The number of ketones is 1. The number of aliphatic hydroxyl groups excluding tert-OH is 1. The topological polar surface area (TPSA) is 77.8 Å². The van der Waals surface area contributed by atoms with Gasteiger partial charge >= 0.3 is 5.97 Å². The first-order valence-electron chi connectivity index (χ1n) is 10.5. The molecule has 2 aliphatic rings. The summed E-state index contributed by atoms with van der Waals surface area (Å²) in [7, 11) is 0. The first-order valence-corrected chi connectivity index (χ1v) is 10.9. The summed E-state index contributed by atoms with van der Waals surface area (Å²) in [5.41, 5.74) is 0.298. The predicted octanol–water partition coefficient (Wildman–Crippen LogP) is 4.64. The Bertz CT molecular complexity index is 745. The SMILES string of the molecule is O=C(O)/C(O)=C/C(=O)C1(Cc2ccc(Cl)cc2)CCN(CC2CCCCC2)CC1. The van der Waals surface area contributed by atoms with Gasteiger partial charge in [0, 0.05) is 23.1 Å². The van der Waals surface area contributed by atoms with Gasteiger partial charge in [-0.25, -0.2) is 4.79 Å². The number of hydrogen-bond acceptors (Lipinski definition) is 4. The summed E-state index contributed by atoms with van der Waals surface area (Å²) in [4.78, 5) is 26.5. The molecule has 6 heteroatoms. The van der Waals surface area contributed by atoms with Gasteiger partial charge in [0.1, 0.15) is 0 Å². The van der Waals surface area contributed by atoms with E-state index in [0.29, 0.717) is 24.3 Å². The Labute approximate surface area is 177 Å². The number of carboxylic acid groups (broad SMARTS) is 1. The minimum absolute atomic E-state index is 0.301. The van der Waals surface area contributed by atoms with E-state index in [0.717, 1.165) is 37.2 Å². The van der Waals surface area contributed by atoms with Gasteiger partial charge in [-0.05, 0) is 68.8 Å². The maximum Gasteiger partial charge on any atom is 0.371 e. The summed E-state index contributed by atoms with van der Waals surface area (Å²) in [5, 5.41) is 19.2. The second-order valence-corrected chi connectivity index (χ2v) is 9.02. The van der Waals surface area contributed by atoms with Crippen molar-refractivity contribution < 1.29 is 19.8 Å². The first-order chi connectivity index (χ1) is 13.9. The number of piperidine rings is 1. The van der Waals surface area contributed by atoms with Crippen LogP contribution in [0.1, 0.15) is 50.5 Å². The van der Waals surface area contributed by atoms with Crippen molar-refractivity contribution >= 4 is 23.4 Å². The predicted molar refractivity (Wildman–Crippen MR) is 113 cm³/mol. The van der Waals surface area contributed by atoms with E-state index in [9.17, 15) is 14.7 Å². The van der Waals surface area contributed by atoms with E-state index in [1.54, 1.807) is 12.1 Å². The van der Waals surface area contributed by atoms with Crippen molar-refractivity contribution in [1.82, 2.24) is 4.90 Å². The minimum Gasteiger partial charge on any atom is -0.502 e. The van der Waals surface area contributed by atoms with Crippen LogP contribution in [0.3, 0.4) is 0 Å². The van der Waals surface area contributed by atoms with Gasteiger partial charge in [-0.3, -0.25) is 4.79 Å². The van der Waals surface area contributed by atoms with Gasteiger partial charge < -0.3 is 15.1 Å². The molecule has 158 valence electrons. The number of aliphatic hydroxyl groups is 1. The quantitative estimate of drug-likeness (QED) is 0.497. The Morgan fingerprint density at radius 2 is 1.69 bits per heavy atom. The van der Waals surface area contributed by atoms with Crippen LogP contribution in [0.5, 0.6) is 0 Å². The zero-order valence-corrected chi connectivity index (χ0v) is 17.5. The van der Waals surface area contributed by atoms with Crippen molar-refractivity contribution in [2.45, 2.75) is 51.4 Å².